The van der Waals surface area contributed by atoms with Crippen molar-refractivity contribution in [1.29, 1.82) is 0 Å². The van der Waals surface area contributed by atoms with Crippen LogP contribution in [0.15, 0.2) is 54.6 Å². The van der Waals surface area contributed by atoms with E-state index >= 15 is 0 Å². The number of rotatable bonds is 3. The maximum absolute atomic E-state index is 4.98. The molecule has 2 rings (SSSR count). The minimum absolute atomic E-state index is 0.819. The van der Waals surface area contributed by atoms with Gasteiger partial charge in [0.25, 0.3) is 0 Å². The van der Waals surface area contributed by atoms with Gasteiger partial charge in [-0.3, -0.25) is 0 Å². The summed E-state index contributed by atoms with van der Waals surface area (Å²) in [6.07, 6.45) is 0. The summed E-state index contributed by atoms with van der Waals surface area (Å²) in [5.41, 5.74) is 0. The molecular weight excluding hydrogens is 228 g/mol. The summed E-state index contributed by atoms with van der Waals surface area (Å²) < 4.78 is 14.9. The fraction of sp³-hybridized carbons (Fsp3) is 0.200. The summed E-state index contributed by atoms with van der Waals surface area (Å²) in [5.74, 6) is 2.55. The molecule has 0 saturated heterocycles. The average Bonchev–Trinajstić information content (AvgIpc) is 2.48. The van der Waals surface area contributed by atoms with Crippen molar-refractivity contribution in [2.45, 2.75) is 0 Å². The van der Waals surface area contributed by atoms with Crippen LogP contribution in [-0.2, 0) is 0 Å². The number of hydrogen-bond donors (Lipinski definition) is 0. The Morgan fingerprint density at radius 2 is 1.00 bits per heavy atom. The zero-order valence-electron chi connectivity index (χ0n) is 10.9. The highest BCUT2D eigenvalue weighted by Gasteiger charge is 1.91. The monoisotopic (exact) mass is 246 g/mol. The summed E-state index contributed by atoms with van der Waals surface area (Å²) >= 11 is 0. The molecule has 0 aliphatic rings. The molecule has 2 aromatic carbocycles. The third kappa shape index (κ3) is 4.78. The Kier molecular flexibility index (Phi) is 6.19. The minimum atomic E-state index is 0.819. The van der Waals surface area contributed by atoms with Crippen LogP contribution in [0.3, 0.4) is 0 Å². The molecule has 96 valence electrons. The summed E-state index contributed by atoms with van der Waals surface area (Å²) in [5, 5.41) is 0. The Morgan fingerprint density at radius 1 is 0.556 bits per heavy atom. The standard InChI is InChI=1S/C8H10O2.C7H8O/c1-9-7-4-3-5-8(6-7)10-2;1-8-7-5-3-2-4-6-7/h3-6H,1-2H3;2-6H,1H3. The van der Waals surface area contributed by atoms with Crippen LogP contribution < -0.4 is 14.2 Å². The molecule has 0 unspecified atom stereocenters. The van der Waals surface area contributed by atoms with Crippen molar-refractivity contribution >= 4 is 0 Å². The summed E-state index contributed by atoms with van der Waals surface area (Å²) in [6.45, 7) is 0. The van der Waals surface area contributed by atoms with E-state index in [9.17, 15) is 0 Å². The van der Waals surface area contributed by atoms with Crippen LogP contribution in [0.25, 0.3) is 0 Å². The number of ether oxygens (including phenoxy) is 3. The molecule has 0 amide bonds. The van der Waals surface area contributed by atoms with Crippen LogP contribution in [0.4, 0.5) is 0 Å². The largest absolute Gasteiger partial charge is 0.497 e. The molecule has 0 bridgehead atoms. The van der Waals surface area contributed by atoms with E-state index in [0.29, 0.717) is 0 Å². The predicted molar refractivity (Wildman–Crippen MR) is 72.5 cm³/mol. The number of benzene rings is 2. The molecule has 0 aromatic heterocycles. The maximum atomic E-state index is 4.98. The molecule has 3 nitrogen and oxygen atoms in total. The zero-order chi connectivity index (χ0) is 13.2. The normalized spacial score (nSPS) is 8.83. The van der Waals surface area contributed by atoms with E-state index < -0.39 is 0 Å². The first kappa shape index (κ1) is 13.9. The van der Waals surface area contributed by atoms with Crippen molar-refractivity contribution in [2.24, 2.45) is 0 Å². The molecule has 0 heterocycles. The second kappa shape index (κ2) is 8.01. The Balaban J connectivity index is 0.000000184. The van der Waals surface area contributed by atoms with Crippen molar-refractivity contribution in [3.8, 4) is 17.2 Å². The molecule has 0 radical (unpaired) electrons. The van der Waals surface area contributed by atoms with Gasteiger partial charge in [-0.2, -0.15) is 0 Å². The Morgan fingerprint density at radius 3 is 1.39 bits per heavy atom. The van der Waals surface area contributed by atoms with Crippen LogP contribution in [0.2, 0.25) is 0 Å². The van der Waals surface area contributed by atoms with Gasteiger partial charge in [0.1, 0.15) is 17.2 Å². The van der Waals surface area contributed by atoms with E-state index in [-0.39, 0.29) is 0 Å². The lowest BCUT2D eigenvalue weighted by atomic mass is 10.3. The van der Waals surface area contributed by atoms with Crippen LogP contribution in [-0.4, -0.2) is 21.3 Å². The van der Waals surface area contributed by atoms with Crippen molar-refractivity contribution in [2.75, 3.05) is 21.3 Å². The lowest BCUT2D eigenvalue weighted by molar-refractivity contribution is 0.394. The van der Waals surface area contributed by atoms with Crippen molar-refractivity contribution in [1.82, 2.24) is 0 Å². The molecular formula is C15H18O3. The Hall–Kier alpha value is -2.16. The van der Waals surface area contributed by atoms with Crippen LogP contribution in [0, 0.1) is 0 Å². The van der Waals surface area contributed by atoms with E-state index in [0.717, 1.165) is 17.2 Å². The molecule has 2 aromatic rings. The van der Waals surface area contributed by atoms with Gasteiger partial charge >= 0.3 is 0 Å². The van der Waals surface area contributed by atoms with Gasteiger partial charge in [-0.05, 0) is 24.3 Å². The second-order valence-electron chi connectivity index (χ2n) is 3.40. The first-order valence-electron chi connectivity index (χ1n) is 5.57. The molecule has 0 N–H and O–H groups in total. The first-order chi connectivity index (χ1) is 8.80. The van der Waals surface area contributed by atoms with Crippen molar-refractivity contribution in [3.05, 3.63) is 54.6 Å². The van der Waals surface area contributed by atoms with Crippen LogP contribution >= 0.6 is 0 Å². The molecule has 0 aliphatic carbocycles. The fourth-order valence-electron chi connectivity index (χ4n) is 1.28. The molecule has 0 saturated carbocycles. The predicted octanol–water partition coefficient (Wildman–Crippen LogP) is 3.40. The molecule has 0 atom stereocenters. The molecule has 0 aliphatic heterocycles. The fourth-order valence-corrected chi connectivity index (χ4v) is 1.28. The number of para-hydroxylation sites is 1. The third-order valence-corrected chi connectivity index (χ3v) is 2.26. The minimum Gasteiger partial charge on any atom is -0.497 e. The van der Waals surface area contributed by atoms with Gasteiger partial charge in [0.05, 0.1) is 21.3 Å². The molecule has 0 fully saturated rings. The molecule has 3 heteroatoms. The third-order valence-electron chi connectivity index (χ3n) is 2.26. The topological polar surface area (TPSA) is 27.7 Å². The second-order valence-corrected chi connectivity index (χ2v) is 3.40. The lowest BCUT2D eigenvalue weighted by Gasteiger charge is -2.01. The van der Waals surface area contributed by atoms with Gasteiger partial charge in [0.15, 0.2) is 0 Å². The first-order valence-corrected chi connectivity index (χ1v) is 5.57. The van der Waals surface area contributed by atoms with Gasteiger partial charge in [0.2, 0.25) is 0 Å². The van der Waals surface area contributed by atoms with Gasteiger partial charge < -0.3 is 14.2 Å². The highest BCUT2D eigenvalue weighted by molar-refractivity contribution is 5.32. The lowest BCUT2D eigenvalue weighted by Crippen LogP contribution is -1.84. The summed E-state index contributed by atoms with van der Waals surface area (Å²) in [6, 6.07) is 17.2. The SMILES string of the molecule is COc1cccc(OC)c1.COc1ccccc1. The highest BCUT2D eigenvalue weighted by atomic mass is 16.5. The van der Waals surface area contributed by atoms with E-state index in [1.807, 2.05) is 54.6 Å². The Bertz CT molecular complexity index is 421. The summed E-state index contributed by atoms with van der Waals surface area (Å²) in [4.78, 5) is 0. The van der Waals surface area contributed by atoms with E-state index in [1.165, 1.54) is 0 Å². The van der Waals surface area contributed by atoms with Gasteiger partial charge in [-0.1, -0.05) is 24.3 Å². The molecule has 18 heavy (non-hydrogen) atoms. The number of methoxy groups -OCH3 is 3. The number of hydrogen-bond acceptors (Lipinski definition) is 3. The van der Waals surface area contributed by atoms with Gasteiger partial charge in [0, 0.05) is 6.07 Å². The van der Waals surface area contributed by atoms with Gasteiger partial charge in [-0.15, -0.1) is 0 Å². The molecule has 0 spiro atoms. The van der Waals surface area contributed by atoms with Crippen LogP contribution in [0.1, 0.15) is 0 Å². The van der Waals surface area contributed by atoms with Gasteiger partial charge in [-0.25, -0.2) is 0 Å². The zero-order valence-corrected chi connectivity index (χ0v) is 10.9. The quantitative estimate of drug-likeness (QED) is 0.830. The van der Waals surface area contributed by atoms with Crippen LogP contribution in [0.5, 0.6) is 17.2 Å². The average molecular weight is 246 g/mol. The Labute approximate surface area is 108 Å². The van der Waals surface area contributed by atoms with E-state index in [1.54, 1.807) is 21.3 Å². The maximum Gasteiger partial charge on any atom is 0.122 e. The highest BCUT2D eigenvalue weighted by Crippen LogP contribution is 2.17. The summed E-state index contributed by atoms with van der Waals surface area (Å²) in [7, 11) is 4.93. The van der Waals surface area contributed by atoms with Crippen molar-refractivity contribution < 1.29 is 14.2 Å². The van der Waals surface area contributed by atoms with Crippen molar-refractivity contribution in [3.63, 3.8) is 0 Å². The van der Waals surface area contributed by atoms with E-state index in [2.05, 4.69) is 0 Å². The smallest absolute Gasteiger partial charge is 0.122 e. The van der Waals surface area contributed by atoms with E-state index in [4.69, 9.17) is 14.2 Å².